The molecule has 14 heteroatoms. The number of phosphoric ester groups is 1. The third-order valence-corrected chi connectivity index (χ3v) is 12.0. The molecule has 0 aliphatic heterocycles. The minimum Gasteiger partial charge on any atom is -0.462 e. The van der Waals surface area contributed by atoms with E-state index in [2.05, 4.69) is 38.2 Å². The molecule has 13 nitrogen and oxygen atoms in total. The summed E-state index contributed by atoms with van der Waals surface area (Å²) < 4.78 is 33.5. The Balaban J connectivity index is 2.40. The predicted molar refractivity (Wildman–Crippen MR) is 235 cm³/mol. The summed E-state index contributed by atoms with van der Waals surface area (Å²) in [5.74, 6) is -1.10. The molecule has 60 heavy (non-hydrogen) atoms. The SMILES string of the molecule is CCCCCCC/C=C\C/C=C\CCCCCCCCCCCC(=O)OC(COC(=O)CCCCCCCCCCCC)COP(=O)(O)OC1C(O)C(O)C(O)C(O)C1O. The van der Waals surface area contributed by atoms with Crippen LogP contribution in [-0.2, 0) is 32.7 Å². The zero-order valence-electron chi connectivity index (χ0n) is 37.3. The van der Waals surface area contributed by atoms with E-state index in [1.165, 1.54) is 103 Å². The summed E-state index contributed by atoms with van der Waals surface area (Å²) >= 11 is 0. The zero-order chi connectivity index (χ0) is 44.3. The van der Waals surface area contributed by atoms with Gasteiger partial charge in [0.15, 0.2) is 6.10 Å². The van der Waals surface area contributed by atoms with Gasteiger partial charge < -0.3 is 39.9 Å². The summed E-state index contributed by atoms with van der Waals surface area (Å²) in [6.07, 6.45) is 26.7. The third-order valence-electron chi connectivity index (χ3n) is 11.0. The van der Waals surface area contributed by atoms with Crippen LogP contribution in [0.15, 0.2) is 24.3 Å². The van der Waals surface area contributed by atoms with E-state index >= 15 is 0 Å². The number of esters is 2. The number of carbonyl (C=O) groups excluding carboxylic acids is 2. The standard InChI is InChI=1S/C46H85O13P/c1-3-5-7-9-11-13-15-16-17-18-19-20-21-22-23-24-25-27-29-31-33-35-40(48)58-38(36-56-39(47)34-32-30-28-26-14-12-10-8-6-4-2)37-57-60(54,55)59-46-44(52)42(50)41(49)43(51)45(46)53/h15-16,18-19,38,41-46,49-53H,3-14,17,20-37H2,1-2H3,(H,54,55)/b16-15-,19-18-. The molecular weight excluding hydrogens is 791 g/mol. The maximum Gasteiger partial charge on any atom is 0.472 e. The van der Waals surface area contributed by atoms with Crippen LogP contribution in [-0.4, -0.2) is 98.3 Å². The average molecular weight is 877 g/mol. The van der Waals surface area contributed by atoms with Gasteiger partial charge in [0.1, 0.15) is 43.2 Å². The first-order valence-corrected chi connectivity index (χ1v) is 25.1. The first kappa shape index (κ1) is 56.3. The number of allylic oxidation sites excluding steroid dienone is 4. The topological polar surface area (TPSA) is 210 Å². The highest BCUT2D eigenvalue weighted by atomic mass is 31.2. The van der Waals surface area contributed by atoms with Crippen LogP contribution >= 0.6 is 7.82 Å². The molecule has 6 N–H and O–H groups in total. The van der Waals surface area contributed by atoms with Crippen LogP contribution in [0, 0.1) is 0 Å². The van der Waals surface area contributed by atoms with Gasteiger partial charge in [0.25, 0.3) is 0 Å². The van der Waals surface area contributed by atoms with E-state index in [0.29, 0.717) is 12.8 Å². The molecule has 0 amide bonds. The largest absolute Gasteiger partial charge is 0.472 e. The van der Waals surface area contributed by atoms with E-state index in [0.717, 1.165) is 57.8 Å². The van der Waals surface area contributed by atoms with E-state index < -0.39 is 75.7 Å². The smallest absolute Gasteiger partial charge is 0.462 e. The second-order valence-corrected chi connectivity index (χ2v) is 18.0. The number of unbranched alkanes of at least 4 members (excludes halogenated alkanes) is 23. The molecule has 0 spiro atoms. The van der Waals surface area contributed by atoms with E-state index in [9.17, 15) is 44.6 Å². The summed E-state index contributed by atoms with van der Waals surface area (Å²) in [6.45, 7) is 3.27. The van der Waals surface area contributed by atoms with Crippen molar-refractivity contribution < 1.29 is 63.1 Å². The molecule has 1 aliphatic rings. The van der Waals surface area contributed by atoms with E-state index in [-0.39, 0.29) is 12.8 Å². The summed E-state index contributed by atoms with van der Waals surface area (Å²) in [5, 5.41) is 50.1. The normalized spacial score (nSPS) is 22.3. The number of ether oxygens (including phenoxy) is 2. The number of hydrogen-bond acceptors (Lipinski definition) is 12. The molecule has 0 heterocycles. The highest BCUT2D eigenvalue weighted by molar-refractivity contribution is 7.47. The number of carbonyl (C=O) groups is 2. The van der Waals surface area contributed by atoms with Crippen molar-refractivity contribution in [3.8, 4) is 0 Å². The van der Waals surface area contributed by atoms with Gasteiger partial charge in [-0.15, -0.1) is 0 Å². The van der Waals surface area contributed by atoms with Crippen LogP contribution in [0.2, 0.25) is 0 Å². The Morgan fingerprint density at radius 2 is 0.900 bits per heavy atom. The van der Waals surface area contributed by atoms with Crippen molar-refractivity contribution in [1.29, 1.82) is 0 Å². The van der Waals surface area contributed by atoms with Crippen molar-refractivity contribution in [2.24, 2.45) is 0 Å². The van der Waals surface area contributed by atoms with Crippen molar-refractivity contribution >= 4 is 19.8 Å². The lowest BCUT2D eigenvalue weighted by molar-refractivity contribution is -0.220. The number of aliphatic hydroxyl groups excluding tert-OH is 5. The Labute approximate surface area is 362 Å². The molecule has 0 radical (unpaired) electrons. The highest BCUT2D eigenvalue weighted by Crippen LogP contribution is 2.47. The van der Waals surface area contributed by atoms with Gasteiger partial charge in [0, 0.05) is 12.8 Å². The molecule has 0 saturated heterocycles. The quantitative estimate of drug-likeness (QED) is 0.0147. The highest BCUT2D eigenvalue weighted by Gasteiger charge is 2.51. The molecule has 352 valence electrons. The van der Waals surface area contributed by atoms with Crippen LogP contribution in [0.1, 0.15) is 200 Å². The predicted octanol–water partition coefficient (Wildman–Crippen LogP) is 9.23. The summed E-state index contributed by atoms with van der Waals surface area (Å²) in [4.78, 5) is 35.6. The van der Waals surface area contributed by atoms with Gasteiger partial charge in [0.2, 0.25) is 0 Å². The Bertz CT molecular complexity index is 1150. The van der Waals surface area contributed by atoms with Crippen LogP contribution in [0.3, 0.4) is 0 Å². The summed E-state index contributed by atoms with van der Waals surface area (Å²) in [5.41, 5.74) is 0. The Hall–Kier alpha value is -1.67. The van der Waals surface area contributed by atoms with Crippen molar-refractivity contribution in [3.63, 3.8) is 0 Å². The molecule has 6 atom stereocenters. The van der Waals surface area contributed by atoms with Gasteiger partial charge in [-0.3, -0.25) is 18.6 Å². The van der Waals surface area contributed by atoms with Crippen LogP contribution in [0.25, 0.3) is 0 Å². The van der Waals surface area contributed by atoms with E-state index in [1.807, 2.05) is 0 Å². The molecule has 1 rings (SSSR count). The van der Waals surface area contributed by atoms with Crippen LogP contribution in [0.5, 0.6) is 0 Å². The molecule has 1 saturated carbocycles. The zero-order valence-corrected chi connectivity index (χ0v) is 38.2. The van der Waals surface area contributed by atoms with Gasteiger partial charge in [0.05, 0.1) is 6.61 Å². The number of hydrogen-bond donors (Lipinski definition) is 6. The monoisotopic (exact) mass is 877 g/mol. The average Bonchev–Trinajstić information content (AvgIpc) is 3.23. The summed E-state index contributed by atoms with van der Waals surface area (Å²) in [6, 6.07) is 0. The molecule has 1 fully saturated rings. The summed E-state index contributed by atoms with van der Waals surface area (Å²) in [7, 11) is -5.11. The Kier molecular flexibility index (Phi) is 34.5. The van der Waals surface area contributed by atoms with Gasteiger partial charge in [-0.1, -0.05) is 167 Å². The molecule has 0 aromatic carbocycles. The molecular formula is C46H85O13P. The van der Waals surface area contributed by atoms with Gasteiger partial charge >= 0.3 is 19.8 Å². The number of phosphoric acid groups is 1. The maximum atomic E-state index is 12.8. The maximum absolute atomic E-state index is 12.8. The molecule has 0 aromatic heterocycles. The molecule has 6 unspecified atom stereocenters. The lowest BCUT2D eigenvalue weighted by Crippen LogP contribution is -2.64. The number of rotatable bonds is 39. The van der Waals surface area contributed by atoms with Gasteiger partial charge in [-0.25, -0.2) is 4.57 Å². The lowest BCUT2D eigenvalue weighted by Gasteiger charge is -2.41. The van der Waals surface area contributed by atoms with Crippen molar-refractivity contribution in [1.82, 2.24) is 0 Å². The van der Waals surface area contributed by atoms with Crippen molar-refractivity contribution in [2.75, 3.05) is 13.2 Å². The Morgan fingerprint density at radius 1 is 0.517 bits per heavy atom. The second-order valence-electron chi connectivity index (χ2n) is 16.6. The first-order chi connectivity index (χ1) is 28.9. The van der Waals surface area contributed by atoms with Crippen LogP contribution in [0.4, 0.5) is 0 Å². The van der Waals surface area contributed by atoms with Crippen LogP contribution < -0.4 is 0 Å². The van der Waals surface area contributed by atoms with Crippen molar-refractivity contribution in [2.45, 2.75) is 243 Å². The van der Waals surface area contributed by atoms with Gasteiger partial charge in [-0.05, 0) is 44.9 Å². The minimum absolute atomic E-state index is 0.0945. The fraction of sp³-hybridized carbons (Fsp3) is 0.870. The third kappa shape index (κ3) is 28.8. The second kappa shape index (κ2) is 36.8. The first-order valence-electron chi connectivity index (χ1n) is 23.6. The fourth-order valence-corrected chi connectivity index (χ4v) is 8.17. The van der Waals surface area contributed by atoms with Gasteiger partial charge in [-0.2, -0.15) is 0 Å². The molecule has 0 bridgehead atoms. The molecule has 1 aliphatic carbocycles. The lowest BCUT2D eigenvalue weighted by atomic mass is 9.85. The van der Waals surface area contributed by atoms with Crippen molar-refractivity contribution in [3.05, 3.63) is 24.3 Å². The molecule has 0 aromatic rings. The minimum atomic E-state index is -5.11. The Morgan fingerprint density at radius 3 is 1.35 bits per heavy atom. The van der Waals surface area contributed by atoms with E-state index in [4.69, 9.17) is 18.5 Å². The van der Waals surface area contributed by atoms with E-state index in [1.54, 1.807) is 0 Å². The fourth-order valence-electron chi connectivity index (χ4n) is 7.20. The number of aliphatic hydroxyl groups is 5.